The number of ketones is 1. The summed E-state index contributed by atoms with van der Waals surface area (Å²) >= 11 is 2.46. The summed E-state index contributed by atoms with van der Waals surface area (Å²) in [5, 5.41) is 11.2. The molecule has 2 aromatic carbocycles. The number of thioether (sulfide) groups is 1. The molecule has 8 heteroatoms. The van der Waals surface area contributed by atoms with Crippen LogP contribution in [0.1, 0.15) is 10.4 Å². The van der Waals surface area contributed by atoms with E-state index in [0.717, 1.165) is 0 Å². The third-order valence-corrected chi connectivity index (χ3v) is 4.99. The van der Waals surface area contributed by atoms with Crippen LogP contribution in [0.3, 0.4) is 0 Å². The number of halogens is 2. The standard InChI is InChI=1S/C16H11F2N3OS2/c17-11-7-5-10(6-8-11)14(22)9-23-16-21-20-15(24-16)19-13-4-2-1-3-12(13)18/h1-8H,9H2,(H,19,20). The summed E-state index contributed by atoms with van der Waals surface area (Å²) in [5.74, 6) is -0.723. The molecule has 4 nitrogen and oxygen atoms in total. The lowest BCUT2D eigenvalue weighted by Gasteiger charge is -2.01. The van der Waals surface area contributed by atoms with Gasteiger partial charge in [0, 0.05) is 5.56 Å². The minimum absolute atomic E-state index is 0.126. The number of hydrogen-bond donors (Lipinski definition) is 1. The number of aromatic nitrogens is 2. The van der Waals surface area contributed by atoms with Gasteiger partial charge in [0.25, 0.3) is 0 Å². The van der Waals surface area contributed by atoms with Crippen molar-refractivity contribution >= 4 is 39.7 Å². The summed E-state index contributed by atoms with van der Waals surface area (Å²) in [6.07, 6.45) is 0. The number of carbonyl (C=O) groups is 1. The van der Waals surface area contributed by atoms with Gasteiger partial charge in [-0.05, 0) is 36.4 Å². The molecule has 1 N–H and O–H groups in total. The van der Waals surface area contributed by atoms with Crippen molar-refractivity contribution in [3.05, 3.63) is 65.7 Å². The highest BCUT2D eigenvalue weighted by atomic mass is 32.2. The number of anilines is 2. The molecular formula is C16H11F2N3OS2. The lowest BCUT2D eigenvalue weighted by molar-refractivity contribution is 0.102. The van der Waals surface area contributed by atoms with Crippen molar-refractivity contribution in [2.24, 2.45) is 0 Å². The zero-order chi connectivity index (χ0) is 16.9. The molecule has 3 rings (SSSR count). The predicted molar refractivity (Wildman–Crippen MR) is 91.0 cm³/mol. The number of Topliss-reactive ketones (excluding diaryl/α,β-unsaturated/α-hetero) is 1. The van der Waals surface area contributed by atoms with Gasteiger partial charge in [-0.1, -0.05) is 35.2 Å². The Kier molecular flexibility index (Phi) is 5.17. The van der Waals surface area contributed by atoms with Crippen LogP contribution in [0.25, 0.3) is 0 Å². The molecule has 0 radical (unpaired) electrons. The van der Waals surface area contributed by atoms with Gasteiger partial charge in [0.05, 0.1) is 11.4 Å². The Morgan fingerprint density at radius 1 is 1.08 bits per heavy atom. The van der Waals surface area contributed by atoms with Crippen LogP contribution in [0, 0.1) is 11.6 Å². The smallest absolute Gasteiger partial charge is 0.210 e. The Morgan fingerprint density at radius 2 is 1.83 bits per heavy atom. The van der Waals surface area contributed by atoms with E-state index in [0.29, 0.717) is 20.7 Å². The van der Waals surface area contributed by atoms with Gasteiger partial charge in [0.1, 0.15) is 11.6 Å². The Morgan fingerprint density at radius 3 is 2.58 bits per heavy atom. The van der Waals surface area contributed by atoms with Gasteiger partial charge in [-0.25, -0.2) is 8.78 Å². The first-order valence-electron chi connectivity index (χ1n) is 6.88. The van der Waals surface area contributed by atoms with Crippen LogP contribution in [0.5, 0.6) is 0 Å². The summed E-state index contributed by atoms with van der Waals surface area (Å²) in [6.45, 7) is 0. The number of nitrogens with zero attached hydrogens (tertiary/aromatic N) is 2. The van der Waals surface area contributed by atoms with E-state index < -0.39 is 0 Å². The number of benzene rings is 2. The van der Waals surface area contributed by atoms with Gasteiger partial charge in [0.15, 0.2) is 10.1 Å². The molecule has 0 aliphatic carbocycles. The van der Waals surface area contributed by atoms with Crippen molar-refractivity contribution in [2.45, 2.75) is 4.34 Å². The van der Waals surface area contributed by atoms with E-state index in [4.69, 9.17) is 0 Å². The fourth-order valence-electron chi connectivity index (χ4n) is 1.84. The van der Waals surface area contributed by atoms with E-state index >= 15 is 0 Å². The van der Waals surface area contributed by atoms with E-state index in [1.165, 1.54) is 53.4 Å². The second kappa shape index (κ2) is 7.50. The maximum atomic E-state index is 13.6. The molecule has 0 spiro atoms. The van der Waals surface area contributed by atoms with Crippen LogP contribution >= 0.6 is 23.1 Å². The quantitative estimate of drug-likeness (QED) is 0.515. The number of hydrogen-bond acceptors (Lipinski definition) is 6. The molecule has 0 atom stereocenters. The Hall–Kier alpha value is -2.32. The van der Waals surface area contributed by atoms with Crippen molar-refractivity contribution in [2.75, 3.05) is 11.1 Å². The molecule has 0 amide bonds. The topological polar surface area (TPSA) is 54.9 Å². The summed E-state index contributed by atoms with van der Waals surface area (Å²) in [4.78, 5) is 12.0. The molecule has 0 saturated carbocycles. The molecule has 1 aromatic heterocycles. The number of nitrogens with one attached hydrogen (secondary N) is 1. The van der Waals surface area contributed by atoms with Crippen LogP contribution in [0.2, 0.25) is 0 Å². The molecule has 0 bridgehead atoms. The normalized spacial score (nSPS) is 10.6. The highest BCUT2D eigenvalue weighted by Gasteiger charge is 2.11. The van der Waals surface area contributed by atoms with Crippen LogP contribution in [0.15, 0.2) is 52.9 Å². The van der Waals surface area contributed by atoms with Gasteiger partial charge >= 0.3 is 0 Å². The van der Waals surface area contributed by atoms with E-state index in [1.807, 2.05) is 0 Å². The predicted octanol–water partition coefficient (Wildman–Crippen LogP) is 4.53. The van der Waals surface area contributed by atoms with E-state index in [1.54, 1.807) is 18.2 Å². The van der Waals surface area contributed by atoms with Gasteiger partial charge in [-0.3, -0.25) is 4.79 Å². The number of rotatable bonds is 6. The fourth-order valence-corrected chi connectivity index (χ4v) is 3.50. The van der Waals surface area contributed by atoms with Gasteiger partial charge < -0.3 is 5.32 Å². The fraction of sp³-hybridized carbons (Fsp3) is 0.0625. The summed E-state index contributed by atoms with van der Waals surface area (Å²) in [5.41, 5.74) is 0.755. The van der Waals surface area contributed by atoms with Gasteiger partial charge in [-0.15, -0.1) is 10.2 Å². The van der Waals surface area contributed by atoms with E-state index in [2.05, 4.69) is 15.5 Å². The minimum Gasteiger partial charge on any atom is -0.328 e. The molecule has 0 aliphatic rings. The maximum Gasteiger partial charge on any atom is 0.210 e. The first-order chi connectivity index (χ1) is 11.6. The van der Waals surface area contributed by atoms with Crippen molar-refractivity contribution in [3.63, 3.8) is 0 Å². The lowest BCUT2D eigenvalue weighted by Crippen LogP contribution is -2.01. The molecule has 122 valence electrons. The molecule has 0 unspecified atom stereocenters. The van der Waals surface area contributed by atoms with Gasteiger partial charge in [0.2, 0.25) is 5.13 Å². The molecular weight excluding hydrogens is 352 g/mol. The first kappa shape index (κ1) is 16.5. The monoisotopic (exact) mass is 363 g/mol. The van der Waals surface area contributed by atoms with Crippen molar-refractivity contribution in [1.82, 2.24) is 10.2 Å². The van der Waals surface area contributed by atoms with Crippen molar-refractivity contribution in [1.29, 1.82) is 0 Å². The molecule has 3 aromatic rings. The summed E-state index contributed by atoms with van der Waals surface area (Å²) < 4.78 is 27.0. The lowest BCUT2D eigenvalue weighted by atomic mass is 10.1. The van der Waals surface area contributed by atoms with Crippen molar-refractivity contribution in [3.8, 4) is 0 Å². The van der Waals surface area contributed by atoms with Crippen LogP contribution in [-0.4, -0.2) is 21.7 Å². The first-order valence-corrected chi connectivity index (χ1v) is 8.68. The second-order valence-corrected chi connectivity index (χ2v) is 6.90. The zero-order valence-corrected chi connectivity index (χ0v) is 13.8. The molecule has 24 heavy (non-hydrogen) atoms. The van der Waals surface area contributed by atoms with E-state index in [9.17, 15) is 13.6 Å². The summed E-state index contributed by atoms with van der Waals surface area (Å²) in [6, 6.07) is 11.7. The maximum absolute atomic E-state index is 13.6. The third kappa shape index (κ3) is 4.15. The van der Waals surface area contributed by atoms with Gasteiger partial charge in [-0.2, -0.15) is 0 Å². The molecule has 0 aliphatic heterocycles. The average Bonchev–Trinajstić information content (AvgIpc) is 3.03. The third-order valence-electron chi connectivity index (χ3n) is 3.01. The Balaban J connectivity index is 1.59. The highest BCUT2D eigenvalue weighted by molar-refractivity contribution is 8.01. The molecule has 0 saturated heterocycles. The Labute approximate surface area is 144 Å². The van der Waals surface area contributed by atoms with Crippen LogP contribution in [-0.2, 0) is 0 Å². The molecule has 0 fully saturated rings. The average molecular weight is 363 g/mol. The van der Waals surface area contributed by atoms with Crippen LogP contribution in [0.4, 0.5) is 19.6 Å². The number of carbonyl (C=O) groups excluding carboxylic acids is 1. The Bertz CT molecular complexity index is 853. The second-order valence-electron chi connectivity index (χ2n) is 4.70. The zero-order valence-electron chi connectivity index (χ0n) is 12.2. The SMILES string of the molecule is O=C(CSc1nnc(Nc2ccccc2F)s1)c1ccc(F)cc1. The van der Waals surface area contributed by atoms with Crippen molar-refractivity contribution < 1.29 is 13.6 Å². The highest BCUT2D eigenvalue weighted by Crippen LogP contribution is 2.28. The van der Waals surface area contributed by atoms with E-state index in [-0.39, 0.29) is 23.2 Å². The molecule has 1 heterocycles. The largest absolute Gasteiger partial charge is 0.328 e. The number of para-hydroxylation sites is 1. The minimum atomic E-state index is -0.382. The summed E-state index contributed by atoms with van der Waals surface area (Å²) in [7, 11) is 0. The van der Waals surface area contributed by atoms with Crippen LogP contribution < -0.4 is 5.32 Å².